The molecule has 0 radical (unpaired) electrons. The van der Waals surface area contributed by atoms with E-state index in [1.165, 1.54) is 21.9 Å². The minimum Gasteiger partial charge on any atom is -0.493 e. The molecule has 0 atom stereocenters. The highest BCUT2D eigenvalue weighted by Gasteiger charge is 2.14. The molecule has 0 fully saturated rings. The van der Waals surface area contributed by atoms with Crippen molar-refractivity contribution < 1.29 is 9.47 Å². The third kappa shape index (κ3) is 3.64. The molecule has 3 aromatic rings. The van der Waals surface area contributed by atoms with Gasteiger partial charge in [0.25, 0.3) is 5.56 Å². The third-order valence-corrected chi connectivity index (χ3v) is 4.64. The molecule has 0 bridgehead atoms. The maximum Gasteiger partial charge on any atom is 0.275 e. The van der Waals surface area contributed by atoms with Gasteiger partial charge in [0.2, 0.25) is 4.96 Å². The number of aryl methyl sites for hydroxylation is 1. The summed E-state index contributed by atoms with van der Waals surface area (Å²) in [6.45, 7) is 3.08. The lowest BCUT2D eigenvalue weighted by atomic mass is 10.1. The first-order chi connectivity index (χ1) is 12.0. The molecule has 25 heavy (non-hydrogen) atoms. The molecular formula is C17H20N4O3S. The first-order valence-corrected chi connectivity index (χ1v) is 8.58. The summed E-state index contributed by atoms with van der Waals surface area (Å²) in [6.07, 6.45) is 0. The molecule has 1 aromatic carbocycles. The Balaban J connectivity index is 1.80. The van der Waals surface area contributed by atoms with Gasteiger partial charge in [0, 0.05) is 23.9 Å². The monoisotopic (exact) mass is 360 g/mol. The van der Waals surface area contributed by atoms with Crippen molar-refractivity contribution >= 4 is 16.3 Å². The molecule has 7 nitrogen and oxygen atoms in total. The number of methoxy groups -OCH3 is 2. The van der Waals surface area contributed by atoms with Crippen LogP contribution in [0.5, 0.6) is 11.5 Å². The summed E-state index contributed by atoms with van der Waals surface area (Å²) in [5.41, 5.74) is 1.58. The fourth-order valence-electron chi connectivity index (χ4n) is 2.68. The van der Waals surface area contributed by atoms with Crippen molar-refractivity contribution in [2.24, 2.45) is 0 Å². The van der Waals surface area contributed by atoms with E-state index in [4.69, 9.17) is 9.47 Å². The molecule has 0 amide bonds. The van der Waals surface area contributed by atoms with Crippen LogP contribution in [-0.2, 0) is 13.1 Å². The number of para-hydroxylation sites is 1. The lowest BCUT2D eigenvalue weighted by Gasteiger charge is -2.18. The van der Waals surface area contributed by atoms with E-state index in [-0.39, 0.29) is 5.56 Å². The predicted molar refractivity (Wildman–Crippen MR) is 96.6 cm³/mol. The number of fused-ring (bicyclic) bond motifs is 1. The number of ether oxygens (including phenoxy) is 2. The average molecular weight is 360 g/mol. The highest BCUT2D eigenvalue weighted by atomic mass is 32.1. The van der Waals surface area contributed by atoms with Crippen molar-refractivity contribution in [2.45, 2.75) is 20.0 Å². The van der Waals surface area contributed by atoms with Gasteiger partial charge < -0.3 is 9.47 Å². The number of benzene rings is 1. The van der Waals surface area contributed by atoms with Crippen molar-refractivity contribution in [3.8, 4) is 11.5 Å². The minimum absolute atomic E-state index is 0.151. The Kier molecular flexibility index (Phi) is 5.00. The minimum atomic E-state index is -0.151. The van der Waals surface area contributed by atoms with Gasteiger partial charge in [-0.1, -0.05) is 23.5 Å². The molecule has 2 heterocycles. The maximum atomic E-state index is 12.0. The van der Waals surface area contributed by atoms with Crippen molar-refractivity contribution in [2.75, 3.05) is 21.3 Å². The quantitative estimate of drug-likeness (QED) is 0.671. The molecule has 0 aliphatic carbocycles. The van der Waals surface area contributed by atoms with Crippen LogP contribution < -0.4 is 15.0 Å². The first-order valence-electron chi connectivity index (χ1n) is 7.76. The van der Waals surface area contributed by atoms with Gasteiger partial charge in [-0.05, 0) is 20.0 Å². The molecular weight excluding hydrogens is 340 g/mol. The normalized spacial score (nSPS) is 11.2. The van der Waals surface area contributed by atoms with Crippen molar-refractivity contribution in [3.63, 3.8) is 0 Å². The number of rotatable bonds is 6. The molecule has 0 aliphatic rings. The van der Waals surface area contributed by atoms with Crippen LogP contribution in [0.4, 0.5) is 0 Å². The summed E-state index contributed by atoms with van der Waals surface area (Å²) < 4.78 is 12.2. The van der Waals surface area contributed by atoms with E-state index in [9.17, 15) is 4.79 Å². The van der Waals surface area contributed by atoms with Gasteiger partial charge >= 0.3 is 0 Å². The van der Waals surface area contributed by atoms with E-state index >= 15 is 0 Å². The summed E-state index contributed by atoms with van der Waals surface area (Å²) >= 11 is 1.43. The van der Waals surface area contributed by atoms with E-state index in [1.54, 1.807) is 14.2 Å². The number of nitrogens with zero attached hydrogens (tertiary/aromatic N) is 4. The zero-order valence-electron chi connectivity index (χ0n) is 14.6. The summed E-state index contributed by atoms with van der Waals surface area (Å²) in [7, 11) is 5.25. The van der Waals surface area contributed by atoms with E-state index < -0.39 is 0 Å². The molecule has 3 rings (SSSR count). The highest BCUT2D eigenvalue weighted by molar-refractivity contribution is 7.16. The third-order valence-electron chi connectivity index (χ3n) is 3.74. The van der Waals surface area contributed by atoms with Gasteiger partial charge in [0.05, 0.1) is 20.8 Å². The Hall–Kier alpha value is -2.45. The Morgan fingerprint density at radius 2 is 2.04 bits per heavy atom. The second-order valence-electron chi connectivity index (χ2n) is 5.75. The van der Waals surface area contributed by atoms with Gasteiger partial charge in [0.15, 0.2) is 11.5 Å². The summed E-state index contributed by atoms with van der Waals surface area (Å²) in [5.74, 6) is 1.44. The Bertz CT molecular complexity index is 951. The van der Waals surface area contributed by atoms with Crippen LogP contribution in [0.1, 0.15) is 16.3 Å². The predicted octanol–water partition coefficient (Wildman–Crippen LogP) is 2.11. The summed E-state index contributed by atoms with van der Waals surface area (Å²) in [5, 5.41) is 5.21. The van der Waals surface area contributed by atoms with Crippen molar-refractivity contribution in [1.29, 1.82) is 0 Å². The van der Waals surface area contributed by atoms with Crippen LogP contribution in [0.15, 0.2) is 29.1 Å². The Labute approximate surface area is 149 Å². The van der Waals surface area contributed by atoms with Crippen LogP contribution in [0.25, 0.3) is 4.96 Å². The van der Waals surface area contributed by atoms with Gasteiger partial charge in [-0.3, -0.25) is 9.69 Å². The topological polar surface area (TPSA) is 69.0 Å². The zero-order valence-corrected chi connectivity index (χ0v) is 15.5. The number of hydrogen-bond acceptors (Lipinski definition) is 7. The second kappa shape index (κ2) is 7.20. The van der Waals surface area contributed by atoms with E-state index in [0.29, 0.717) is 29.5 Å². The Morgan fingerprint density at radius 3 is 2.76 bits per heavy atom. The molecule has 0 spiro atoms. The van der Waals surface area contributed by atoms with Crippen LogP contribution in [0.3, 0.4) is 0 Å². The summed E-state index contributed by atoms with van der Waals surface area (Å²) in [6, 6.07) is 7.30. The van der Waals surface area contributed by atoms with Gasteiger partial charge in [-0.25, -0.2) is 4.98 Å². The molecule has 0 unspecified atom stereocenters. The molecule has 132 valence electrons. The van der Waals surface area contributed by atoms with E-state index in [1.807, 2.05) is 32.2 Å². The van der Waals surface area contributed by atoms with Crippen LogP contribution in [0, 0.1) is 6.92 Å². The molecule has 2 aromatic heterocycles. The lowest BCUT2D eigenvalue weighted by molar-refractivity contribution is 0.302. The molecule has 0 saturated heterocycles. The van der Waals surface area contributed by atoms with Crippen LogP contribution in [0.2, 0.25) is 0 Å². The first kappa shape index (κ1) is 17.4. The summed E-state index contributed by atoms with van der Waals surface area (Å²) in [4.78, 5) is 19.1. The highest BCUT2D eigenvalue weighted by Crippen LogP contribution is 2.31. The standard InChI is InChI=1S/C17H20N4O3S/c1-11-8-15(22)21-17(18-11)25-14(19-21)10-20(2)9-12-6-5-7-13(23-3)16(12)24-4/h5-8H,9-10H2,1-4H3. The fraction of sp³-hybridized carbons (Fsp3) is 0.353. The molecule has 0 N–H and O–H groups in total. The van der Waals surface area contributed by atoms with E-state index in [2.05, 4.69) is 15.0 Å². The van der Waals surface area contributed by atoms with Gasteiger partial charge in [-0.15, -0.1) is 0 Å². The maximum absolute atomic E-state index is 12.0. The zero-order chi connectivity index (χ0) is 18.0. The van der Waals surface area contributed by atoms with Crippen molar-refractivity contribution in [3.05, 3.63) is 50.9 Å². The van der Waals surface area contributed by atoms with Crippen molar-refractivity contribution in [1.82, 2.24) is 19.5 Å². The molecule has 0 aliphatic heterocycles. The lowest BCUT2D eigenvalue weighted by Crippen LogP contribution is -2.19. The number of hydrogen-bond donors (Lipinski definition) is 0. The molecule has 8 heteroatoms. The van der Waals surface area contributed by atoms with Gasteiger partial charge in [0.1, 0.15) is 5.01 Å². The SMILES string of the molecule is COc1cccc(CN(C)Cc2nn3c(=O)cc(C)nc3s2)c1OC. The molecule has 0 saturated carbocycles. The largest absolute Gasteiger partial charge is 0.493 e. The van der Waals surface area contributed by atoms with Crippen LogP contribution in [-0.4, -0.2) is 40.8 Å². The second-order valence-corrected chi connectivity index (χ2v) is 6.79. The number of aromatic nitrogens is 3. The Morgan fingerprint density at radius 1 is 1.24 bits per heavy atom. The van der Waals surface area contributed by atoms with Crippen LogP contribution >= 0.6 is 11.3 Å². The fourth-order valence-corrected chi connectivity index (χ4v) is 3.70. The van der Waals surface area contributed by atoms with E-state index in [0.717, 1.165) is 16.3 Å². The van der Waals surface area contributed by atoms with Gasteiger partial charge in [-0.2, -0.15) is 9.61 Å². The average Bonchev–Trinajstić information content (AvgIpc) is 2.96. The smallest absolute Gasteiger partial charge is 0.275 e.